The molecule has 0 saturated carbocycles. The Kier molecular flexibility index (Phi) is 7.89. The summed E-state index contributed by atoms with van der Waals surface area (Å²) in [5.74, 6) is 0. The summed E-state index contributed by atoms with van der Waals surface area (Å²) in [6.07, 6.45) is 0. The van der Waals surface area contributed by atoms with Gasteiger partial charge in [-0.2, -0.15) is 0 Å². The van der Waals surface area contributed by atoms with Crippen molar-refractivity contribution in [3.8, 4) is 55.6 Å². The second-order valence-corrected chi connectivity index (χ2v) is 19.8. The molecule has 1 heterocycles. The van der Waals surface area contributed by atoms with Crippen LogP contribution in [0.5, 0.6) is 0 Å². The number of fused-ring (bicyclic) bond motifs is 16. The third-order valence-corrected chi connectivity index (χ3v) is 16.2. The molecule has 66 heavy (non-hydrogen) atoms. The van der Waals surface area contributed by atoms with Crippen LogP contribution in [0.4, 0.5) is 17.1 Å². The fourth-order valence-corrected chi connectivity index (χ4v) is 13.4. The van der Waals surface area contributed by atoms with Crippen molar-refractivity contribution in [1.82, 2.24) is 0 Å². The van der Waals surface area contributed by atoms with Gasteiger partial charge in [0.05, 0.1) is 5.41 Å². The highest BCUT2D eigenvalue weighted by Gasteiger charge is 2.52. The molecule has 11 aromatic rings. The van der Waals surface area contributed by atoms with E-state index in [0.717, 1.165) is 17.1 Å². The van der Waals surface area contributed by atoms with Crippen molar-refractivity contribution in [3.05, 3.63) is 258 Å². The van der Waals surface area contributed by atoms with Crippen molar-refractivity contribution in [2.24, 2.45) is 0 Å². The van der Waals surface area contributed by atoms with Crippen LogP contribution in [0.2, 0.25) is 0 Å². The van der Waals surface area contributed by atoms with Gasteiger partial charge in [0.2, 0.25) is 0 Å². The van der Waals surface area contributed by atoms with Gasteiger partial charge in [-0.25, -0.2) is 0 Å². The lowest BCUT2D eigenvalue weighted by Crippen LogP contribution is -2.26. The van der Waals surface area contributed by atoms with Crippen molar-refractivity contribution in [2.75, 3.05) is 4.90 Å². The maximum atomic E-state index is 2.53. The molecule has 310 valence electrons. The van der Waals surface area contributed by atoms with Crippen LogP contribution in [0, 0.1) is 0 Å². The van der Waals surface area contributed by atoms with E-state index in [2.05, 4.69) is 243 Å². The molecule has 14 rings (SSSR count). The van der Waals surface area contributed by atoms with E-state index in [1.54, 1.807) is 0 Å². The average Bonchev–Trinajstić information content (AvgIpc) is 4.07. The van der Waals surface area contributed by atoms with E-state index in [1.165, 1.54) is 109 Å². The molecule has 2 heteroatoms. The molecule has 3 aliphatic carbocycles. The molecule has 0 bridgehead atoms. The van der Waals surface area contributed by atoms with Gasteiger partial charge in [0.1, 0.15) is 0 Å². The molecule has 0 atom stereocenters. The van der Waals surface area contributed by atoms with Crippen molar-refractivity contribution < 1.29 is 0 Å². The van der Waals surface area contributed by atoms with Gasteiger partial charge in [0.25, 0.3) is 0 Å². The Hall–Kier alpha value is -7.78. The van der Waals surface area contributed by atoms with Gasteiger partial charge in [-0.1, -0.05) is 190 Å². The zero-order valence-corrected chi connectivity index (χ0v) is 37.5. The quantitative estimate of drug-likeness (QED) is 0.167. The predicted octanol–water partition coefficient (Wildman–Crippen LogP) is 17.5. The van der Waals surface area contributed by atoms with Gasteiger partial charge in [-0.15, -0.1) is 11.3 Å². The molecule has 0 N–H and O–H groups in total. The molecule has 10 aromatic carbocycles. The SMILES string of the molecule is CC1(C)c2ccccc2-c2ccc(N(c3ccc(-c4cccc5sc6ccccc6c45)cc3)c3ccc4c(c3)C3(c5ccccc5-c5ccccc53)c3cccc(-c5ccccc5)c3-4)cc21. The highest BCUT2D eigenvalue weighted by Crippen LogP contribution is 2.65. The Balaban J connectivity index is 1.01. The summed E-state index contributed by atoms with van der Waals surface area (Å²) < 4.78 is 2.64. The Labute approximate surface area is 389 Å². The minimum atomic E-state index is -0.502. The van der Waals surface area contributed by atoms with Gasteiger partial charge in [-0.3, -0.25) is 0 Å². The Morgan fingerprint density at radius 3 is 1.58 bits per heavy atom. The lowest BCUT2D eigenvalue weighted by Gasteiger charge is -2.32. The summed E-state index contributed by atoms with van der Waals surface area (Å²) in [4.78, 5) is 2.51. The number of rotatable bonds is 5. The molecule has 1 spiro atoms. The van der Waals surface area contributed by atoms with Crippen LogP contribution in [-0.4, -0.2) is 0 Å². The number of hydrogen-bond acceptors (Lipinski definition) is 2. The highest BCUT2D eigenvalue weighted by molar-refractivity contribution is 7.25. The third-order valence-electron chi connectivity index (χ3n) is 15.1. The first-order valence-corrected chi connectivity index (χ1v) is 23.9. The van der Waals surface area contributed by atoms with Crippen LogP contribution < -0.4 is 4.90 Å². The second-order valence-electron chi connectivity index (χ2n) is 18.7. The highest BCUT2D eigenvalue weighted by atomic mass is 32.1. The fraction of sp³-hybridized carbons (Fsp3) is 0.0625. The van der Waals surface area contributed by atoms with Crippen molar-refractivity contribution in [2.45, 2.75) is 24.7 Å². The molecule has 1 nitrogen and oxygen atoms in total. The first-order valence-electron chi connectivity index (χ1n) is 23.1. The van der Waals surface area contributed by atoms with Crippen LogP contribution in [0.3, 0.4) is 0 Å². The zero-order chi connectivity index (χ0) is 43.7. The van der Waals surface area contributed by atoms with E-state index < -0.39 is 5.41 Å². The molecule has 3 aliphatic rings. The Morgan fingerprint density at radius 1 is 0.333 bits per heavy atom. The standard InChI is InChI=1S/C64H43NS/c1-63(2)53-24-10-6-18-47(53)50-36-34-43(38-57(50)63)65(42-32-30-41(31-33-42)46-23-15-29-60-62(46)52-21-9-13-28-59(52)66-60)44-35-37-51-58(39-44)64(54-25-11-7-19-48(54)49-20-8-12-26-55(49)64)56-27-14-22-45(61(51)56)40-16-4-3-5-17-40/h3-39H,1-2H3. The van der Waals surface area contributed by atoms with Gasteiger partial charge < -0.3 is 4.90 Å². The smallest absolute Gasteiger partial charge is 0.0726 e. The summed E-state index contributed by atoms with van der Waals surface area (Å²) >= 11 is 1.87. The number of thiophene rings is 1. The minimum absolute atomic E-state index is 0.145. The van der Waals surface area contributed by atoms with Crippen molar-refractivity contribution >= 4 is 48.6 Å². The van der Waals surface area contributed by atoms with Crippen LogP contribution >= 0.6 is 11.3 Å². The molecular formula is C64H43NS. The first-order chi connectivity index (χ1) is 32.5. The fourth-order valence-electron chi connectivity index (χ4n) is 12.3. The molecule has 0 saturated heterocycles. The van der Waals surface area contributed by atoms with Crippen LogP contribution in [-0.2, 0) is 10.8 Å². The summed E-state index contributed by atoms with van der Waals surface area (Å²) in [6.45, 7) is 4.76. The summed E-state index contributed by atoms with van der Waals surface area (Å²) in [5, 5.41) is 2.65. The lowest BCUT2D eigenvalue weighted by molar-refractivity contribution is 0.660. The molecule has 0 fully saturated rings. The lowest BCUT2D eigenvalue weighted by atomic mass is 9.70. The van der Waals surface area contributed by atoms with Crippen molar-refractivity contribution in [3.63, 3.8) is 0 Å². The van der Waals surface area contributed by atoms with Crippen LogP contribution in [0.1, 0.15) is 47.2 Å². The maximum absolute atomic E-state index is 2.53. The van der Waals surface area contributed by atoms with Gasteiger partial charge in [0, 0.05) is 42.6 Å². The van der Waals surface area contributed by atoms with Crippen LogP contribution in [0.25, 0.3) is 75.8 Å². The van der Waals surface area contributed by atoms with E-state index in [-0.39, 0.29) is 5.41 Å². The predicted molar refractivity (Wildman–Crippen MR) is 279 cm³/mol. The molecule has 1 aromatic heterocycles. The largest absolute Gasteiger partial charge is 0.310 e. The second kappa shape index (κ2) is 13.9. The van der Waals surface area contributed by atoms with Gasteiger partial charge in [-0.05, 0) is 138 Å². The first kappa shape index (κ1) is 37.6. The van der Waals surface area contributed by atoms with Gasteiger partial charge >= 0.3 is 0 Å². The van der Waals surface area contributed by atoms with E-state index in [9.17, 15) is 0 Å². The molecule has 0 amide bonds. The minimum Gasteiger partial charge on any atom is -0.310 e. The maximum Gasteiger partial charge on any atom is 0.0726 e. The summed E-state index contributed by atoms with van der Waals surface area (Å²) in [7, 11) is 0. The third kappa shape index (κ3) is 5.05. The summed E-state index contributed by atoms with van der Waals surface area (Å²) in [6, 6.07) is 84.5. The van der Waals surface area contributed by atoms with Crippen molar-refractivity contribution in [1.29, 1.82) is 0 Å². The number of hydrogen-bond donors (Lipinski definition) is 0. The number of benzene rings is 10. The normalized spacial score (nSPS) is 14.2. The van der Waals surface area contributed by atoms with E-state index in [0.29, 0.717) is 0 Å². The van der Waals surface area contributed by atoms with E-state index in [4.69, 9.17) is 0 Å². The molecule has 0 radical (unpaired) electrons. The van der Waals surface area contributed by atoms with Crippen LogP contribution in [0.15, 0.2) is 224 Å². The van der Waals surface area contributed by atoms with E-state index in [1.807, 2.05) is 11.3 Å². The van der Waals surface area contributed by atoms with Gasteiger partial charge in [0.15, 0.2) is 0 Å². The number of anilines is 3. The Morgan fingerprint density at radius 2 is 0.833 bits per heavy atom. The molecule has 0 unspecified atom stereocenters. The Bertz CT molecular complexity index is 3750. The molecule has 0 aliphatic heterocycles. The molecular weight excluding hydrogens is 815 g/mol. The monoisotopic (exact) mass is 857 g/mol. The van der Waals surface area contributed by atoms with E-state index >= 15 is 0 Å². The average molecular weight is 858 g/mol. The summed E-state index contributed by atoms with van der Waals surface area (Å²) in [5.41, 5.74) is 23.7. The number of nitrogens with zero attached hydrogens (tertiary/aromatic N) is 1. The zero-order valence-electron chi connectivity index (χ0n) is 36.7. The topological polar surface area (TPSA) is 3.24 Å².